The third kappa shape index (κ3) is 19.9. The first-order valence-electron chi connectivity index (χ1n) is 18.5. The van der Waals surface area contributed by atoms with Gasteiger partial charge in [-0.2, -0.15) is 0 Å². The smallest absolute Gasteiger partial charge is 0.249 e. The van der Waals surface area contributed by atoms with Crippen molar-refractivity contribution >= 4 is 5.91 Å². The molecule has 0 aromatic carbocycles. The Balaban J connectivity index is 2.62. The molecule has 1 aliphatic heterocycles. The predicted octanol–water partition coefficient (Wildman–Crippen LogP) is 4.91. The van der Waals surface area contributed by atoms with Crippen LogP contribution in [0, 0.1) is 0 Å². The van der Waals surface area contributed by atoms with Crippen LogP contribution in [0.4, 0.5) is 0 Å². The summed E-state index contributed by atoms with van der Waals surface area (Å²) in [6, 6.07) is -1.01. The van der Waals surface area contributed by atoms with Gasteiger partial charge in [-0.1, -0.05) is 107 Å². The van der Waals surface area contributed by atoms with Gasteiger partial charge >= 0.3 is 0 Å². The lowest BCUT2D eigenvalue weighted by atomic mass is 9.99. The summed E-state index contributed by atoms with van der Waals surface area (Å²) in [7, 11) is 0. The molecule has 10 heteroatoms. The maximum Gasteiger partial charge on any atom is 0.249 e. The molecule has 48 heavy (non-hydrogen) atoms. The van der Waals surface area contributed by atoms with Crippen LogP contribution in [0.5, 0.6) is 0 Å². The molecule has 8 unspecified atom stereocenters. The summed E-state index contributed by atoms with van der Waals surface area (Å²) in [5, 5.41) is 64.1. The molecule has 1 heterocycles. The van der Waals surface area contributed by atoms with E-state index in [2.05, 4.69) is 55.6 Å². The number of unbranched alkanes of at least 4 members (excludes halogenated alkanes) is 11. The van der Waals surface area contributed by atoms with Gasteiger partial charge in [-0.05, 0) is 64.2 Å². The van der Waals surface area contributed by atoms with E-state index in [9.17, 15) is 35.4 Å². The minimum absolute atomic E-state index is 0.276. The van der Waals surface area contributed by atoms with Gasteiger partial charge in [-0.3, -0.25) is 4.79 Å². The molecule has 10 nitrogen and oxygen atoms in total. The van der Waals surface area contributed by atoms with Crippen LogP contribution in [0.1, 0.15) is 123 Å². The summed E-state index contributed by atoms with van der Waals surface area (Å²) in [5.74, 6) is -0.651. The average Bonchev–Trinajstić information content (AvgIpc) is 3.08. The van der Waals surface area contributed by atoms with E-state index < -0.39 is 61.5 Å². The predicted molar refractivity (Wildman–Crippen MR) is 190 cm³/mol. The first-order chi connectivity index (χ1) is 23.3. The van der Waals surface area contributed by atoms with Crippen LogP contribution < -0.4 is 5.32 Å². The van der Waals surface area contributed by atoms with Crippen molar-refractivity contribution in [1.29, 1.82) is 0 Å². The topological polar surface area (TPSA) is 169 Å². The number of nitrogens with one attached hydrogen (secondary N) is 1. The standard InChI is InChI=1S/C38H67NO9/c1-3-5-7-9-11-13-14-15-16-17-19-20-22-24-26-31(41)30(29-47-38-36(45)35(44)34(43)33(28-40)48-38)39-37(46)32(42)27-25-23-21-18-12-10-8-6-4-2/h10,12-14,17,19,24,26,30-36,38,40-45H,3-9,11,15-16,18,20-23,25,27-29H2,1-2H3,(H,39,46)/b12-10-,14-13+,19-17+,26-24+. The van der Waals surface area contributed by atoms with Gasteiger partial charge in [0.2, 0.25) is 5.91 Å². The van der Waals surface area contributed by atoms with Crippen LogP contribution in [-0.2, 0) is 14.3 Å². The van der Waals surface area contributed by atoms with E-state index in [0.717, 1.165) is 51.4 Å². The number of allylic oxidation sites excluding steroid dienone is 7. The lowest BCUT2D eigenvalue weighted by Gasteiger charge is -2.40. The molecule has 0 radical (unpaired) electrons. The van der Waals surface area contributed by atoms with Crippen molar-refractivity contribution in [1.82, 2.24) is 5.32 Å². The molecule has 7 N–H and O–H groups in total. The monoisotopic (exact) mass is 681 g/mol. The number of ether oxygens (including phenoxy) is 2. The van der Waals surface area contributed by atoms with Crippen LogP contribution >= 0.6 is 0 Å². The third-order valence-corrected chi connectivity index (χ3v) is 8.46. The summed E-state index contributed by atoms with van der Waals surface area (Å²) >= 11 is 0. The summed E-state index contributed by atoms with van der Waals surface area (Å²) in [5.41, 5.74) is 0. The van der Waals surface area contributed by atoms with Gasteiger partial charge < -0.3 is 45.4 Å². The van der Waals surface area contributed by atoms with Crippen LogP contribution in [0.3, 0.4) is 0 Å². The summed E-state index contributed by atoms with van der Waals surface area (Å²) < 4.78 is 11.0. The van der Waals surface area contributed by atoms with Crippen LogP contribution in [-0.4, -0.2) is 98.7 Å². The average molecular weight is 682 g/mol. The Morgan fingerprint density at radius 3 is 1.83 bits per heavy atom. The molecule has 1 amide bonds. The lowest BCUT2D eigenvalue weighted by molar-refractivity contribution is -0.302. The van der Waals surface area contributed by atoms with Gasteiger partial charge in [0.05, 0.1) is 25.4 Å². The highest BCUT2D eigenvalue weighted by atomic mass is 16.7. The number of aliphatic hydroxyl groups excluding tert-OH is 6. The highest BCUT2D eigenvalue weighted by Gasteiger charge is 2.44. The molecule has 0 aromatic rings. The molecule has 1 aliphatic rings. The van der Waals surface area contributed by atoms with Crippen LogP contribution in [0.2, 0.25) is 0 Å². The highest BCUT2D eigenvalue weighted by Crippen LogP contribution is 2.22. The zero-order valence-electron chi connectivity index (χ0n) is 29.6. The number of rotatable bonds is 28. The SMILES string of the molecule is CCCC/C=C\CCCCCC(O)C(=O)NC(COC1OC(CO)C(O)C(O)C1O)C(O)/C=C/CC/C=C/CC/C=C/CCCCCC. The molecular formula is C38H67NO9. The van der Waals surface area contributed by atoms with Crippen molar-refractivity contribution in [3.63, 3.8) is 0 Å². The molecule has 0 aromatic heterocycles. The molecule has 1 saturated heterocycles. The number of carbonyl (C=O) groups excluding carboxylic acids is 1. The van der Waals surface area contributed by atoms with Crippen LogP contribution in [0.15, 0.2) is 48.6 Å². The van der Waals surface area contributed by atoms with E-state index in [1.807, 2.05) is 6.08 Å². The largest absolute Gasteiger partial charge is 0.394 e. The fraction of sp³-hybridized carbons (Fsp3) is 0.763. The summed E-state index contributed by atoms with van der Waals surface area (Å²) in [4.78, 5) is 12.9. The minimum atomic E-state index is -1.62. The zero-order valence-corrected chi connectivity index (χ0v) is 29.6. The fourth-order valence-corrected chi connectivity index (χ4v) is 5.29. The Bertz CT molecular complexity index is 907. The van der Waals surface area contributed by atoms with Gasteiger partial charge in [0.1, 0.15) is 30.5 Å². The van der Waals surface area contributed by atoms with E-state index in [0.29, 0.717) is 12.8 Å². The molecule has 0 spiro atoms. The maximum atomic E-state index is 12.9. The summed E-state index contributed by atoms with van der Waals surface area (Å²) in [6.45, 7) is 3.44. The molecule has 0 aliphatic carbocycles. The third-order valence-electron chi connectivity index (χ3n) is 8.46. The second-order valence-corrected chi connectivity index (χ2v) is 12.8. The molecule has 8 atom stereocenters. The van der Waals surface area contributed by atoms with Gasteiger partial charge in [0.15, 0.2) is 6.29 Å². The first kappa shape index (κ1) is 44.1. The lowest BCUT2D eigenvalue weighted by Crippen LogP contribution is -2.60. The Morgan fingerprint density at radius 2 is 1.25 bits per heavy atom. The van der Waals surface area contributed by atoms with Gasteiger partial charge in [0.25, 0.3) is 0 Å². The number of carbonyl (C=O) groups is 1. The Kier molecular flexibility index (Phi) is 26.6. The van der Waals surface area contributed by atoms with E-state index in [-0.39, 0.29) is 13.0 Å². The quantitative estimate of drug-likeness (QED) is 0.0448. The van der Waals surface area contributed by atoms with E-state index in [1.54, 1.807) is 6.08 Å². The summed E-state index contributed by atoms with van der Waals surface area (Å²) in [6.07, 6.45) is 23.6. The molecular weight excluding hydrogens is 614 g/mol. The van der Waals surface area contributed by atoms with Gasteiger partial charge in [-0.25, -0.2) is 0 Å². The number of hydrogen-bond acceptors (Lipinski definition) is 9. The first-order valence-corrected chi connectivity index (χ1v) is 18.5. The fourth-order valence-electron chi connectivity index (χ4n) is 5.29. The van der Waals surface area contributed by atoms with E-state index >= 15 is 0 Å². The Labute approximate surface area is 289 Å². The van der Waals surface area contributed by atoms with E-state index in [4.69, 9.17) is 9.47 Å². The minimum Gasteiger partial charge on any atom is -0.394 e. The van der Waals surface area contributed by atoms with Crippen LogP contribution in [0.25, 0.3) is 0 Å². The Hall–Kier alpha value is -1.89. The zero-order chi connectivity index (χ0) is 35.4. The van der Waals surface area contributed by atoms with E-state index in [1.165, 1.54) is 38.5 Å². The van der Waals surface area contributed by atoms with Crippen molar-refractivity contribution in [3.05, 3.63) is 48.6 Å². The maximum absolute atomic E-state index is 12.9. The van der Waals surface area contributed by atoms with Gasteiger partial charge in [-0.15, -0.1) is 0 Å². The van der Waals surface area contributed by atoms with Crippen molar-refractivity contribution < 1.29 is 44.9 Å². The number of amides is 1. The number of hydrogen-bond donors (Lipinski definition) is 7. The van der Waals surface area contributed by atoms with Gasteiger partial charge in [0, 0.05) is 0 Å². The molecule has 0 saturated carbocycles. The van der Waals surface area contributed by atoms with Crippen molar-refractivity contribution in [2.75, 3.05) is 13.2 Å². The molecule has 278 valence electrons. The molecule has 1 fully saturated rings. The highest BCUT2D eigenvalue weighted by molar-refractivity contribution is 5.80. The van der Waals surface area contributed by atoms with Crippen molar-refractivity contribution in [3.8, 4) is 0 Å². The normalized spacial score (nSPS) is 23.9. The second-order valence-electron chi connectivity index (χ2n) is 12.8. The Morgan fingerprint density at radius 1 is 0.708 bits per heavy atom. The second kappa shape index (κ2) is 28.9. The molecule has 0 bridgehead atoms. The number of aliphatic hydroxyl groups is 6. The van der Waals surface area contributed by atoms with Crippen molar-refractivity contribution in [2.45, 2.75) is 172 Å². The molecule has 1 rings (SSSR count). The van der Waals surface area contributed by atoms with Crippen molar-refractivity contribution in [2.24, 2.45) is 0 Å².